The summed E-state index contributed by atoms with van der Waals surface area (Å²) < 4.78 is 45.8. The standard InChI is InChI=1S/C30H36FN3O5S/c1-5-22(2)32-30(36)27(19-23-11-7-6-8-12-23)33(20-24-15-17-25(31)18-16-24)29(35)21-34(40(4,37)38)26-13-9-10-14-28(26)39-3/h6-18,22,27H,5,19-21H2,1-4H3,(H,32,36). The van der Waals surface area contributed by atoms with Crippen molar-refractivity contribution in [3.63, 3.8) is 0 Å². The maximum absolute atomic E-state index is 14.1. The quantitative estimate of drug-likeness (QED) is 0.334. The van der Waals surface area contributed by atoms with Gasteiger partial charge in [0.05, 0.1) is 19.1 Å². The van der Waals surface area contributed by atoms with Gasteiger partial charge in [0, 0.05) is 19.0 Å². The molecule has 40 heavy (non-hydrogen) atoms. The summed E-state index contributed by atoms with van der Waals surface area (Å²) in [4.78, 5) is 29.1. The number of hydrogen-bond acceptors (Lipinski definition) is 5. The summed E-state index contributed by atoms with van der Waals surface area (Å²) >= 11 is 0. The fourth-order valence-corrected chi connectivity index (χ4v) is 5.07. The highest BCUT2D eigenvalue weighted by Gasteiger charge is 2.34. The number of carbonyl (C=O) groups excluding carboxylic acids is 2. The highest BCUT2D eigenvalue weighted by atomic mass is 32.2. The van der Waals surface area contributed by atoms with Crippen LogP contribution >= 0.6 is 0 Å². The Labute approximate surface area is 235 Å². The third kappa shape index (κ3) is 8.29. The Morgan fingerprint density at radius 2 is 1.57 bits per heavy atom. The molecule has 2 atom stereocenters. The minimum absolute atomic E-state index is 0.0337. The summed E-state index contributed by atoms with van der Waals surface area (Å²) in [6, 6.07) is 20.3. The van der Waals surface area contributed by atoms with Gasteiger partial charge in [0.1, 0.15) is 24.2 Å². The summed E-state index contributed by atoms with van der Waals surface area (Å²) in [6.07, 6.45) is 1.89. The fourth-order valence-electron chi connectivity index (χ4n) is 4.21. The van der Waals surface area contributed by atoms with Gasteiger partial charge in [-0.25, -0.2) is 12.8 Å². The Hall–Kier alpha value is -3.92. The molecule has 0 spiro atoms. The second kappa shape index (κ2) is 13.9. The zero-order chi connectivity index (χ0) is 29.3. The number of hydrogen-bond donors (Lipinski definition) is 1. The van der Waals surface area contributed by atoms with Gasteiger partial charge in [-0.15, -0.1) is 0 Å². The summed E-state index contributed by atoms with van der Waals surface area (Å²) in [7, 11) is -2.52. The van der Waals surface area contributed by atoms with Crippen molar-refractivity contribution < 1.29 is 27.1 Å². The van der Waals surface area contributed by atoms with Crippen LogP contribution in [-0.2, 0) is 32.6 Å². The van der Waals surface area contributed by atoms with Gasteiger partial charge in [-0.2, -0.15) is 0 Å². The normalized spacial score (nSPS) is 12.7. The summed E-state index contributed by atoms with van der Waals surface area (Å²) in [5.41, 5.74) is 1.62. The second-order valence-electron chi connectivity index (χ2n) is 9.61. The van der Waals surface area contributed by atoms with E-state index in [0.29, 0.717) is 12.0 Å². The predicted octanol–water partition coefficient (Wildman–Crippen LogP) is 4.16. The zero-order valence-electron chi connectivity index (χ0n) is 23.2. The third-order valence-electron chi connectivity index (χ3n) is 6.57. The number of para-hydroxylation sites is 2. The van der Waals surface area contributed by atoms with E-state index in [1.54, 1.807) is 24.3 Å². The van der Waals surface area contributed by atoms with E-state index in [1.807, 2.05) is 44.2 Å². The van der Waals surface area contributed by atoms with Crippen LogP contribution in [0.15, 0.2) is 78.9 Å². The number of anilines is 1. The van der Waals surface area contributed by atoms with E-state index < -0.39 is 34.3 Å². The lowest BCUT2D eigenvalue weighted by Crippen LogP contribution is -2.54. The second-order valence-corrected chi connectivity index (χ2v) is 11.5. The molecule has 0 aliphatic heterocycles. The first-order valence-electron chi connectivity index (χ1n) is 13.0. The maximum Gasteiger partial charge on any atom is 0.244 e. The van der Waals surface area contributed by atoms with Gasteiger partial charge in [-0.3, -0.25) is 13.9 Å². The van der Waals surface area contributed by atoms with Crippen molar-refractivity contribution in [1.82, 2.24) is 10.2 Å². The molecule has 0 aliphatic carbocycles. The lowest BCUT2D eigenvalue weighted by molar-refractivity contribution is -0.140. The van der Waals surface area contributed by atoms with Gasteiger partial charge in [0.15, 0.2) is 0 Å². The lowest BCUT2D eigenvalue weighted by atomic mass is 10.0. The van der Waals surface area contributed by atoms with Crippen molar-refractivity contribution in [3.05, 3.63) is 95.8 Å². The molecular weight excluding hydrogens is 533 g/mol. The molecule has 8 nitrogen and oxygen atoms in total. The molecule has 0 radical (unpaired) electrons. The Kier molecular flexibility index (Phi) is 10.7. The van der Waals surface area contributed by atoms with Gasteiger partial charge in [-0.05, 0) is 48.7 Å². The molecule has 3 aromatic rings. The molecule has 10 heteroatoms. The number of nitrogens with zero attached hydrogens (tertiary/aromatic N) is 2. The number of methoxy groups -OCH3 is 1. The third-order valence-corrected chi connectivity index (χ3v) is 7.70. The van der Waals surface area contributed by atoms with E-state index in [-0.39, 0.29) is 36.4 Å². The summed E-state index contributed by atoms with van der Waals surface area (Å²) in [6.45, 7) is 3.21. The average molecular weight is 570 g/mol. The van der Waals surface area contributed by atoms with Gasteiger partial charge in [0.25, 0.3) is 0 Å². The van der Waals surface area contributed by atoms with Crippen LogP contribution in [0, 0.1) is 5.82 Å². The zero-order valence-corrected chi connectivity index (χ0v) is 24.0. The number of sulfonamides is 1. The minimum atomic E-state index is -3.93. The number of nitrogens with one attached hydrogen (secondary N) is 1. The van der Waals surface area contributed by atoms with Crippen LogP contribution in [0.5, 0.6) is 5.75 Å². The van der Waals surface area contributed by atoms with E-state index in [1.165, 1.54) is 36.3 Å². The van der Waals surface area contributed by atoms with Crippen molar-refractivity contribution >= 4 is 27.5 Å². The smallest absolute Gasteiger partial charge is 0.244 e. The molecule has 0 fully saturated rings. The summed E-state index contributed by atoms with van der Waals surface area (Å²) in [5, 5.41) is 2.97. The van der Waals surface area contributed by atoms with Crippen molar-refractivity contribution in [2.75, 3.05) is 24.2 Å². The molecule has 2 amide bonds. The molecule has 0 bridgehead atoms. The Balaban J connectivity index is 2.07. The number of benzene rings is 3. The van der Waals surface area contributed by atoms with Gasteiger partial charge in [-0.1, -0.05) is 61.5 Å². The van der Waals surface area contributed by atoms with Gasteiger partial charge in [0.2, 0.25) is 21.8 Å². The average Bonchev–Trinajstić information content (AvgIpc) is 2.94. The first-order chi connectivity index (χ1) is 19.0. The predicted molar refractivity (Wildman–Crippen MR) is 154 cm³/mol. The van der Waals surface area contributed by atoms with E-state index in [4.69, 9.17) is 4.74 Å². The van der Waals surface area contributed by atoms with Gasteiger partial charge < -0.3 is 15.0 Å². The van der Waals surface area contributed by atoms with Crippen molar-refractivity contribution in [1.29, 1.82) is 0 Å². The van der Waals surface area contributed by atoms with Crippen molar-refractivity contribution in [3.8, 4) is 5.75 Å². The molecule has 1 N–H and O–H groups in total. The van der Waals surface area contributed by atoms with Crippen LogP contribution in [0.3, 0.4) is 0 Å². The van der Waals surface area contributed by atoms with Crippen LogP contribution in [0.25, 0.3) is 0 Å². The molecule has 0 aromatic heterocycles. The fraction of sp³-hybridized carbons (Fsp3) is 0.333. The first kappa shape index (κ1) is 30.6. The molecule has 0 heterocycles. The van der Waals surface area contributed by atoms with E-state index in [2.05, 4.69) is 5.32 Å². The maximum atomic E-state index is 14.1. The van der Waals surface area contributed by atoms with E-state index in [9.17, 15) is 22.4 Å². The minimum Gasteiger partial charge on any atom is -0.495 e. The van der Waals surface area contributed by atoms with E-state index >= 15 is 0 Å². The van der Waals surface area contributed by atoms with Crippen LogP contribution < -0.4 is 14.4 Å². The molecular formula is C30H36FN3O5S. The molecule has 3 rings (SSSR count). The Morgan fingerprint density at radius 1 is 0.950 bits per heavy atom. The SMILES string of the molecule is CCC(C)NC(=O)C(Cc1ccccc1)N(Cc1ccc(F)cc1)C(=O)CN(c1ccccc1OC)S(C)(=O)=O. The molecule has 214 valence electrons. The Morgan fingerprint density at radius 3 is 2.17 bits per heavy atom. The van der Waals surface area contributed by atoms with Crippen molar-refractivity contribution in [2.45, 2.75) is 45.3 Å². The number of ether oxygens (including phenoxy) is 1. The molecule has 3 aromatic carbocycles. The van der Waals surface area contributed by atoms with Crippen LogP contribution in [-0.4, -0.2) is 57.1 Å². The lowest BCUT2D eigenvalue weighted by Gasteiger charge is -2.34. The monoisotopic (exact) mass is 569 g/mol. The number of amides is 2. The Bertz CT molecular complexity index is 1380. The number of rotatable bonds is 13. The van der Waals surface area contributed by atoms with E-state index in [0.717, 1.165) is 16.1 Å². The molecule has 0 saturated heterocycles. The largest absolute Gasteiger partial charge is 0.495 e. The van der Waals surface area contributed by atoms with Crippen molar-refractivity contribution in [2.24, 2.45) is 0 Å². The highest BCUT2D eigenvalue weighted by molar-refractivity contribution is 7.92. The number of halogens is 1. The van der Waals surface area contributed by atoms with Crippen LogP contribution in [0.4, 0.5) is 10.1 Å². The van der Waals surface area contributed by atoms with Crippen LogP contribution in [0.1, 0.15) is 31.4 Å². The topological polar surface area (TPSA) is 96.0 Å². The summed E-state index contributed by atoms with van der Waals surface area (Å²) in [5.74, 6) is -1.12. The first-order valence-corrected chi connectivity index (χ1v) is 14.9. The van der Waals surface area contributed by atoms with Crippen LogP contribution in [0.2, 0.25) is 0 Å². The molecule has 2 unspecified atom stereocenters. The van der Waals surface area contributed by atoms with Gasteiger partial charge >= 0.3 is 0 Å². The molecule has 0 aliphatic rings. The molecule has 0 saturated carbocycles. The highest BCUT2D eigenvalue weighted by Crippen LogP contribution is 2.30. The number of carbonyl (C=O) groups is 2.